The fourth-order valence-corrected chi connectivity index (χ4v) is 1.49. The maximum absolute atomic E-state index is 13.2. The van der Waals surface area contributed by atoms with Crippen molar-refractivity contribution in [1.29, 1.82) is 0 Å². The van der Waals surface area contributed by atoms with Gasteiger partial charge in [-0.25, -0.2) is 4.39 Å². The zero-order valence-corrected chi connectivity index (χ0v) is 9.60. The normalized spacial score (nSPS) is 10.1. The van der Waals surface area contributed by atoms with Crippen molar-refractivity contribution in [3.8, 4) is 11.8 Å². The van der Waals surface area contributed by atoms with Crippen LogP contribution >= 0.6 is 0 Å². The second-order valence-corrected chi connectivity index (χ2v) is 3.63. The Morgan fingerprint density at radius 2 is 1.83 bits per heavy atom. The van der Waals surface area contributed by atoms with E-state index in [0.717, 1.165) is 5.56 Å². The average molecular weight is 238 g/mol. The van der Waals surface area contributed by atoms with Crippen molar-refractivity contribution in [3.05, 3.63) is 71.0 Å². The molecule has 0 radical (unpaired) electrons. The molecule has 0 amide bonds. The molecule has 88 valence electrons. The van der Waals surface area contributed by atoms with E-state index in [1.54, 1.807) is 6.07 Å². The molecule has 0 atom stereocenters. The molecule has 0 unspecified atom stereocenters. The standard InChI is InChI=1S/C15H11FN2/c16-15-9-8-14(11-18-17)13(10-15)7-6-12-4-2-1-3-5-12/h1-5,8-11H,17H2. The molecule has 0 fully saturated rings. The molecular weight excluding hydrogens is 227 g/mol. The third kappa shape index (κ3) is 2.96. The first kappa shape index (κ1) is 11.9. The third-order valence-corrected chi connectivity index (χ3v) is 2.34. The number of hydrazone groups is 1. The smallest absolute Gasteiger partial charge is 0.124 e. The van der Waals surface area contributed by atoms with Crippen LogP contribution < -0.4 is 5.84 Å². The minimum atomic E-state index is -0.332. The van der Waals surface area contributed by atoms with Gasteiger partial charge in [-0.3, -0.25) is 0 Å². The second-order valence-electron chi connectivity index (χ2n) is 3.63. The van der Waals surface area contributed by atoms with Gasteiger partial charge in [0.1, 0.15) is 5.82 Å². The number of benzene rings is 2. The molecule has 18 heavy (non-hydrogen) atoms. The molecule has 2 nitrogen and oxygen atoms in total. The number of nitrogens with zero attached hydrogens (tertiary/aromatic N) is 1. The first-order valence-electron chi connectivity index (χ1n) is 5.39. The quantitative estimate of drug-likeness (QED) is 0.352. The molecule has 0 bridgehead atoms. The van der Waals surface area contributed by atoms with Gasteiger partial charge in [0.25, 0.3) is 0 Å². The fourth-order valence-electron chi connectivity index (χ4n) is 1.49. The Bertz CT molecular complexity index is 622. The van der Waals surface area contributed by atoms with Gasteiger partial charge in [0.2, 0.25) is 0 Å². The molecule has 0 spiro atoms. The van der Waals surface area contributed by atoms with Gasteiger partial charge in [-0.2, -0.15) is 5.10 Å². The van der Waals surface area contributed by atoms with Gasteiger partial charge in [-0.1, -0.05) is 30.0 Å². The molecule has 0 saturated carbocycles. The highest BCUT2D eigenvalue weighted by Crippen LogP contribution is 2.08. The number of hydrogen-bond acceptors (Lipinski definition) is 2. The Morgan fingerprint density at radius 3 is 2.56 bits per heavy atom. The van der Waals surface area contributed by atoms with Crippen LogP contribution in [0.15, 0.2) is 53.6 Å². The first-order valence-corrected chi connectivity index (χ1v) is 5.39. The number of halogens is 1. The van der Waals surface area contributed by atoms with Crippen LogP contribution in [0.4, 0.5) is 4.39 Å². The lowest BCUT2D eigenvalue weighted by molar-refractivity contribution is 0.627. The van der Waals surface area contributed by atoms with E-state index in [2.05, 4.69) is 16.9 Å². The third-order valence-electron chi connectivity index (χ3n) is 2.34. The summed E-state index contributed by atoms with van der Waals surface area (Å²) < 4.78 is 13.2. The second kappa shape index (κ2) is 5.65. The van der Waals surface area contributed by atoms with Crippen molar-refractivity contribution in [2.75, 3.05) is 0 Å². The van der Waals surface area contributed by atoms with Crippen LogP contribution in [0.3, 0.4) is 0 Å². The molecular formula is C15H11FN2. The van der Waals surface area contributed by atoms with Gasteiger partial charge in [0, 0.05) is 16.7 Å². The molecule has 2 aromatic rings. The largest absolute Gasteiger partial charge is 0.323 e. The van der Waals surface area contributed by atoms with Crippen molar-refractivity contribution in [2.45, 2.75) is 0 Å². The Hall–Kier alpha value is -2.60. The topological polar surface area (TPSA) is 38.4 Å². The molecule has 2 aromatic carbocycles. The molecule has 2 rings (SSSR count). The van der Waals surface area contributed by atoms with E-state index in [1.807, 2.05) is 30.3 Å². The lowest BCUT2D eigenvalue weighted by atomic mass is 10.1. The van der Waals surface area contributed by atoms with E-state index in [0.29, 0.717) is 11.1 Å². The summed E-state index contributed by atoms with van der Waals surface area (Å²) in [6.07, 6.45) is 1.45. The maximum atomic E-state index is 13.2. The minimum Gasteiger partial charge on any atom is -0.323 e. The van der Waals surface area contributed by atoms with Crippen LogP contribution in [0.1, 0.15) is 16.7 Å². The lowest BCUT2D eigenvalue weighted by Gasteiger charge is -1.97. The molecule has 0 saturated heterocycles. The highest BCUT2D eigenvalue weighted by atomic mass is 19.1. The molecule has 0 aliphatic rings. The van der Waals surface area contributed by atoms with Crippen molar-refractivity contribution in [2.24, 2.45) is 10.9 Å². The van der Waals surface area contributed by atoms with Crippen LogP contribution in [0.2, 0.25) is 0 Å². The fraction of sp³-hybridized carbons (Fsp3) is 0. The average Bonchev–Trinajstić information content (AvgIpc) is 2.40. The number of hydrogen-bond donors (Lipinski definition) is 1. The zero-order chi connectivity index (χ0) is 12.8. The highest BCUT2D eigenvalue weighted by molar-refractivity contribution is 5.83. The summed E-state index contributed by atoms with van der Waals surface area (Å²) in [6, 6.07) is 13.8. The number of rotatable bonds is 1. The predicted octanol–water partition coefficient (Wildman–Crippen LogP) is 2.52. The highest BCUT2D eigenvalue weighted by Gasteiger charge is 1.99. The summed E-state index contributed by atoms with van der Waals surface area (Å²) >= 11 is 0. The van der Waals surface area contributed by atoms with E-state index in [-0.39, 0.29) is 5.82 Å². The van der Waals surface area contributed by atoms with Crippen molar-refractivity contribution >= 4 is 6.21 Å². The molecule has 3 heteroatoms. The van der Waals surface area contributed by atoms with Crippen LogP contribution in [0, 0.1) is 17.7 Å². The van der Waals surface area contributed by atoms with Crippen molar-refractivity contribution < 1.29 is 4.39 Å². The Morgan fingerprint density at radius 1 is 1.06 bits per heavy atom. The van der Waals surface area contributed by atoms with Crippen LogP contribution in [0.5, 0.6) is 0 Å². The summed E-state index contributed by atoms with van der Waals surface area (Å²) in [5, 5.41) is 3.44. The summed E-state index contributed by atoms with van der Waals surface area (Å²) in [5.41, 5.74) is 2.13. The van der Waals surface area contributed by atoms with Crippen molar-refractivity contribution in [1.82, 2.24) is 0 Å². The molecule has 0 heterocycles. The first-order chi connectivity index (χ1) is 8.79. The van der Waals surface area contributed by atoms with Crippen LogP contribution in [-0.2, 0) is 0 Å². The SMILES string of the molecule is NN=Cc1ccc(F)cc1C#Cc1ccccc1. The van der Waals surface area contributed by atoms with Crippen LogP contribution in [-0.4, -0.2) is 6.21 Å². The van der Waals surface area contributed by atoms with E-state index >= 15 is 0 Å². The van der Waals surface area contributed by atoms with Gasteiger partial charge in [0.15, 0.2) is 0 Å². The van der Waals surface area contributed by atoms with Gasteiger partial charge in [0.05, 0.1) is 6.21 Å². The van der Waals surface area contributed by atoms with E-state index in [1.165, 1.54) is 18.3 Å². The Labute approximate surface area is 105 Å². The summed E-state index contributed by atoms with van der Waals surface area (Å²) in [4.78, 5) is 0. The summed E-state index contributed by atoms with van der Waals surface area (Å²) in [6.45, 7) is 0. The lowest BCUT2D eigenvalue weighted by Crippen LogP contribution is -1.92. The maximum Gasteiger partial charge on any atom is 0.124 e. The minimum absolute atomic E-state index is 0.332. The summed E-state index contributed by atoms with van der Waals surface area (Å²) in [5.74, 6) is 10.7. The molecule has 0 aromatic heterocycles. The summed E-state index contributed by atoms with van der Waals surface area (Å²) in [7, 11) is 0. The zero-order valence-electron chi connectivity index (χ0n) is 9.60. The van der Waals surface area contributed by atoms with Gasteiger partial charge < -0.3 is 5.84 Å². The van der Waals surface area contributed by atoms with E-state index < -0.39 is 0 Å². The Kier molecular flexibility index (Phi) is 3.72. The van der Waals surface area contributed by atoms with Crippen LogP contribution in [0.25, 0.3) is 0 Å². The Balaban J connectivity index is 2.40. The monoisotopic (exact) mass is 238 g/mol. The van der Waals surface area contributed by atoms with Gasteiger partial charge in [-0.05, 0) is 30.3 Å². The van der Waals surface area contributed by atoms with E-state index in [9.17, 15) is 4.39 Å². The van der Waals surface area contributed by atoms with Gasteiger partial charge >= 0.3 is 0 Å². The predicted molar refractivity (Wildman–Crippen MR) is 70.6 cm³/mol. The molecule has 0 aliphatic carbocycles. The van der Waals surface area contributed by atoms with Crippen molar-refractivity contribution in [3.63, 3.8) is 0 Å². The van der Waals surface area contributed by atoms with Gasteiger partial charge in [-0.15, -0.1) is 0 Å². The molecule has 2 N–H and O–H groups in total. The number of nitrogens with two attached hydrogens (primary N) is 1. The molecule has 0 aliphatic heterocycles. The van der Waals surface area contributed by atoms with E-state index in [4.69, 9.17) is 5.84 Å².